The van der Waals surface area contributed by atoms with Crippen LogP contribution in [-0.4, -0.2) is 63.1 Å². The average molecular weight is 353 g/mol. The van der Waals surface area contributed by atoms with Gasteiger partial charge in [0.25, 0.3) is 0 Å². The molecule has 1 aliphatic heterocycles. The number of nitrogens with zero attached hydrogens (tertiary/aromatic N) is 6. The molecule has 0 aliphatic carbocycles. The number of anilines is 2. The summed E-state index contributed by atoms with van der Waals surface area (Å²) in [5.74, 6) is 1.21. The molecule has 1 saturated heterocycles. The Morgan fingerprint density at radius 3 is 2.74 bits per heavy atom. The van der Waals surface area contributed by atoms with Crippen LogP contribution in [0.25, 0.3) is 0 Å². The summed E-state index contributed by atoms with van der Waals surface area (Å²) in [5.41, 5.74) is 1.60. The predicted octanol–water partition coefficient (Wildman–Crippen LogP) is 1.27. The highest BCUT2D eigenvalue weighted by Crippen LogP contribution is 2.22. The molecule has 3 heterocycles. The van der Waals surface area contributed by atoms with Crippen molar-refractivity contribution in [2.45, 2.75) is 19.8 Å². The molecule has 1 aliphatic rings. The summed E-state index contributed by atoms with van der Waals surface area (Å²) in [7, 11) is 0. The van der Waals surface area contributed by atoms with E-state index in [4.69, 9.17) is 0 Å². The molecule has 0 radical (unpaired) electrons. The zero-order valence-electron chi connectivity index (χ0n) is 13.1. The van der Waals surface area contributed by atoms with Gasteiger partial charge in [0.1, 0.15) is 11.3 Å². The largest absolute Gasteiger partial charge is 0.344 e. The number of hydrogen-bond acceptors (Lipinski definition) is 9. The monoisotopic (exact) mass is 353 g/mol. The quantitative estimate of drug-likeness (QED) is 0.866. The normalized spacial score (nSPS) is 16.0. The number of piperazine rings is 1. The number of rotatable bonds is 5. The summed E-state index contributed by atoms with van der Waals surface area (Å²) < 4.78 is 4.40. The van der Waals surface area contributed by atoms with E-state index in [0.717, 1.165) is 37.1 Å². The minimum absolute atomic E-state index is 0.0480. The van der Waals surface area contributed by atoms with Gasteiger partial charge in [0.15, 0.2) is 0 Å². The maximum atomic E-state index is 12.0. The standard InChI is InChI=1S/C13H19N7OS2/c1-9(2)11-16-13(23-18-11)20-5-3-19(4-6-20)7-10(21)15-12-17-14-8-22-12/h8-9H,3-7H2,1-2H3,(H,15,17,21). The van der Waals surface area contributed by atoms with E-state index in [1.54, 1.807) is 5.51 Å². The fourth-order valence-corrected chi connectivity index (χ4v) is 3.60. The van der Waals surface area contributed by atoms with Gasteiger partial charge in [0.2, 0.25) is 16.2 Å². The van der Waals surface area contributed by atoms with Gasteiger partial charge in [-0.1, -0.05) is 25.2 Å². The molecule has 1 amide bonds. The van der Waals surface area contributed by atoms with E-state index in [0.29, 0.717) is 17.6 Å². The first-order chi connectivity index (χ1) is 11.1. The third-order valence-corrected chi connectivity index (χ3v) is 4.96. The second-order valence-corrected chi connectivity index (χ2v) is 7.21. The van der Waals surface area contributed by atoms with E-state index in [1.165, 1.54) is 22.9 Å². The second kappa shape index (κ2) is 7.28. The molecule has 1 N–H and O–H groups in total. The maximum Gasteiger partial charge on any atom is 0.240 e. The van der Waals surface area contributed by atoms with Crippen LogP contribution in [0.2, 0.25) is 0 Å². The van der Waals surface area contributed by atoms with Crippen molar-refractivity contribution >= 4 is 39.0 Å². The van der Waals surface area contributed by atoms with Crippen LogP contribution in [0, 0.1) is 0 Å². The van der Waals surface area contributed by atoms with E-state index < -0.39 is 0 Å². The Morgan fingerprint density at radius 1 is 1.35 bits per heavy atom. The van der Waals surface area contributed by atoms with Crippen molar-refractivity contribution in [3.8, 4) is 0 Å². The molecule has 0 unspecified atom stereocenters. The van der Waals surface area contributed by atoms with Gasteiger partial charge in [-0.2, -0.15) is 4.37 Å². The van der Waals surface area contributed by atoms with E-state index in [9.17, 15) is 4.79 Å². The molecular formula is C13H19N7OS2. The van der Waals surface area contributed by atoms with E-state index in [1.807, 2.05) is 0 Å². The molecule has 2 aromatic rings. The molecule has 124 valence electrons. The highest BCUT2D eigenvalue weighted by atomic mass is 32.1. The molecule has 0 saturated carbocycles. The van der Waals surface area contributed by atoms with Crippen molar-refractivity contribution in [2.24, 2.45) is 0 Å². The number of carbonyl (C=O) groups excluding carboxylic acids is 1. The Labute approximate surface area is 142 Å². The zero-order chi connectivity index (χ0) is 16.2. The number of nitrogens with one attached hydrogen (secondary N) is 1. The molecule has 1 fully saturated rings. The molecule has 10 heteroatoms. The Morgan fingerprint density at radius 2 is 2.13 bits per heavy atom. The van der Waals surface area contributed by atoms with Crippen LogP contribution in [0.15, 0.2) is 5.51 Å². The molecule has 0 aromatic carbocycles. The molecule has 23 heavy (non-hydrogen) atoms. The fraction of sp³-hybridized carbons (Fsp3) is 0.615. The van der Waals surface area contributed by atoms with Crippen molar-refractivity contribution in [1.82, 2.24) is 24.5 Å². The summed E-state index contributed by atoms with van der Waals surface area (Å²) in [6, 6.07) is 0. The van der Waals surface area contributed by atoms with Crippen LogP contribution in [0.3, 0.4) is 0 Å². The van der Waals surface area contributed by atoms with Crippen LogP contribution in [0.1, 0.15) is 25.6 Å². The van der Waals surface area contributed by atoms with Crippen LogP contribution >= 0.6 is 22.9 Å². The average Bonchev–Trinajstić information content (AvgIpc) is 3.19. The van der Waals surface area contributed by atoms with Crippen LogP contribution < -0.4 is 10.2 Å². The van der Waals surface area contributed by atoms with Gasteiger partial charge in [0, 0.05) is 43.6 Å². The molecule has 2 aromatic heterocycles. The third kappa shape index (κ3) is 4.21. The SMILES string of the molecule is CC(C)c1nsc(N2CCN(CC(=O)Nc3nncs3)CC2)n1. The summed E-state index contributed by atoms with van der Waals surface area (Å²) in [4.78, 5) is 20.9. The van der Waals surface area contributed by atoms with Gasteiger partial charge in [-0.05, 0) is 0 Å². The van der Waals surface area contributed by atoms with Crippen molar-refractivity contribution in [3.63, 3.8) is 0 Å². The minimum Gasteiger partial charge on any atom is -0.344 e. The van der Waals surface area contributed by atoms with Crippen LogP contribution in [-0.2, 0) is 4.79 Å². The maximum absolute atomic E-state index is 12.0. The van der Waals surface area contributed by atoms with Crippen molar-refractivity contribution in [1.29, 1.82) is 0 Å². The smallest absolute Gasteiger partial charge is 0.240 e. The van der Waals surface area contributed by atoms with E-state index in [-0.39, 0.29) is 5.91 Å². The van der Waals surface area contributed by atoms with Gasteiger partial charge in [-0.25, -0.2) is 4.98 Å². The van der Waals surface area contributed by atoms with Crippen molar-refractivity contribution in [2.75, 3.05) is 42.9 Å². The Bertz CT molecular complexity index is 635. The molecule has 8 nitrogen and oxygen atoms in total. The Balaban J connectivity index is 1.47. The number of amides is 1. The first kappa shape index (κ1) is 16.2. The summed E-state index contributed by atoms with van der Waals surface area (Å²) in [6.07, 6.45) is 0. The summed E-state index contributed by atoms with van der Waals surface area (Å²) >= 11 is 2.78. The van der Waals surface area contributed by atoms with Gasteiger partial charge in [-0.15, -0.1) is 10.2 Å². The second-order valence-electron chi connectivity index (χ2n) is 5.65. The number of hydrogen-bond donors (Lipinski definition) is 1. The lowest BCUT2D eigenvalue weighted by molar-refractivity contribution is -0.117. The van der Waals surface area contributed by atoms with Crippen LogP contribution in [0.5, 0.6) is 0 Å². The van der Waals surface area contributed by atoms with Gasteiger partial charge in [-0.3, -0.25) is 15.0 Å². The van der Waals surface area contributed by atoms with E-state index in [2.05, 4.69) is 48.5 Å². The minimum atomic E-state index is -0.0480. The highest BCUT2D eigenvalue weighted by molar-refractivity contribution is 7.13. The molecule has 0 spiro atoms. The fourth-order valence-electron chi connectivity index (χ4n) is 2.28. The lowest BCUT2D eigenvalue weighted by atomic mass is 10.2. The zero-order valence-corrected chi connectivity index (χ0v) is 14.7. The molecular weight excluding hydrogens is 334 g/mol. The Hall–Kier alpha value is -1.65. The highest BCUT2D eigenvalue weighted by Gasteiger charge is 2.22. The van der Waals surface area contributed by atoms with E-state index >= 15 is 0 Å². The third-order valence-electron chi connectivity index (χ3n) is 3.56. The van der Waals surface area contributed by atoms with Crippen LogP contribution in [0.4, 0.5) is 10.3 Å². The topological polar surface area (TPSA) is 87.1 Å². The first-order valence-electron chi connectivity index (χ1n) is 7.48. The number of carbonyl (C=O) groups is 1. The molecule has 0 bridgehead atoms. The first-order valence-corrected chi connectivity index (χ1v) is 9.14. The lowest BCUT2D eigenvalue weighted by Crippen LogP contribution is -2.48. The summed E-state index contributed by atoms with van der Waals surface area (Å²) in [5, 5.41) is 11.8. The Kier molecular flexibility index (Phi) is 5.13. The lowest BCUT2D eigenvalue weighted by Gasteiger charge is -2.33. The van der Waals surface area contributed by atoms with Crippen molar-refractivity contribution in [3.05, 3.63) is 11.3 Å². The number of aromatic nitrogens is 4. The van der Waals surface area contributed by atoms with Gasteiger partial charge in [0.05, 0.1) is 6.54 Å². The van der Waals surface area contributed by atoms with Gasteiger partial charge >= 0.3 is 0 Å². The summed E-state index contributed by atoms with van der Waals surface area (Å²) in [6.45, 7) is 7.96. The van der Waals surface area contributed by atoms with Gasteiger partial charge < -0.3 is 4.90 Å². The van der Waals surface area contributed by atoms with Crippen molar-refractivity contribution < 1.29 is 4.79 Å². The molecule has 3 rings (SSSR count). The predicted molar refractivity (Wildman–Crippen MR) is 91.2 cm³/mol. The molecule has 0 atom stereocenters.